The number of hydrogen-bond acceptors (Lipinski definition) is 2. The van der Waals surface area contributed by atoms with Gasteiger partial charge in [-0.2, -0.15) is 4.58 Å². The van der Waals surface area contributed by atoms with Gasteiger partial charge in [-0.05, 0) is 6.92 Å². The highest BCUT2D eigenvalue weighted by Gasteiger charge is 2.19. The van der Waals surface area contributed by atoms with Crippen molar-refractivity contribution in [2.75, 3.05) is 0 Å². The van der Waals surface area contributed by atoms with E-state index in [1.807, 2.05) is 6.92 Å². The quantitative estimate of drug-likeness (QED) is 0.663. The highest BCUT2D eigenvalue weighted by molar-refractivity contribution is 5.93. The smallest absolute Gasteiger partial charge is 0.348 e. The van der Waals surface area contributed by atoms with Gasteiger partial charge in [0.2, 0.25) is 0 Å². The summed E-state index contributed by atoms with van der Waals surface area (Å²) in [5, 5.41) is 0. The first-order valence-electron chi connectivity index (χ1n) is 4.08. The average molecular weight is 176 g/mol. The fraction of sp³-hybridized carbons (Fsp3) is 0.222. The summed E-state index contributed by atoms with van der Waals surface area (Å²) in [4.78, 5) is 18.3. The van der Waals surface area contributed by atoms with Crippen molar-refractivity contribution in [3.05, 3.63) is 29.9 Å². The van der Waals surface area contributed by atoms with Crippen LogP contribution in [-0.4, -0.2) is 26.7 Å². The Balaban J connectivity index is 2.16. The molecule has 66 valence electrons. The highest BCUT2D eigenvalue weighted by Crippen LogP contribution is 2.03. The second kappa shape index (κ2) is 2.97. The summed E-state index contributed by atoms with van der Waals surface area (Å²) in [7, 11) is 0. The number of imidazole rings is 1. The topological polar surface area (TPSA) is 48.8 Å². The van der Waals surface area contributed by atoms with Crippen LogP contribution in [0.4, 0.5) is 0 Å². The molecule has 0 bridgehead atoms. The SMILES string of the molecule is Cc1[nH]cnc1C[N+]1=CC=CC1=O. The van der Waals surface area contributed by atoms with Crippen LogP contribution in [0.1, 0.15) is 11.4 Å². The van der Waals surface area contributed by atoms with E-state index in [-0.39, 0.29) is 5.91 Å². The Labute approximate surface area is 75.6 Å². The third kappa shape index (κ3) is 1.42. The molecule has 0 atom stereocenters. The molecule has 4 nitrogen and oxygen atoms in total. The zero-order valence-electron chi connectivity index (χ0n) is 7.32. The minimum absolute atomic E-state index is 0.0161. The van der Waals surface area contributed by atoms with E-state index in [1.54, 1.807) is 29.3 Å². The van der Waals surface area contributed by atoms with E-state index in [4.69, 9.17) is 0 Å². The summed E-state index contributed by atoms with van der Waals surface area (Å²) < 4.78 is 1.63. The Morgan fingerprint density at radius 3 is 3.00 bits per heavy atom. The molecule has 0 saturated heterocycles. The fourth-order valence-electron chi connectivity index (χ4n) is 1.24. The summed E-state index contributed by atoms with van der Waals surface area (Å²) in [5.74, 6) is 0.0161. The highest BCUT2D eigenvalue weighted by atomic mass is 16.2. The number of allylic oxidation sites excluding steroid dienone is 1. The molecule has 1 amide bonds. The van der Waals surface area contributed by atoms with Crippen molar-refractivity contribution in [1.29, 1.82) is 0 Å². The molecule has 0 aliphatic carbocycles. The Hall–Kier alpha value is -1.71. The van der Waals surface area contributed by atoms with Gasteiger partial charge in [0.05, 0.1) is 12.4 Å². The zero-order chi connectivity index (χ0) is 9.26. The molecular weight excluding hydrogens is 166 g/mol. The molecule has 0 radical (unpaired) electrons. The molecule has 1 aromatic heterocycles. The molecule has 0 spiro atoms. The Morgan fingerprint density at radius 2 is 2.46 bits per heavy atom. The van der Waals surface area contributed by atoms with Crippen molar-refractivity contribution in [3.8, 4) is 0 Å². The molecule has 2 rings (SSSR count). The molecular formula is C9H10N3O+. The maximum atomic E-state index is 11.2. The normalized spacial score (nSPS) is 15.2. The number of aromatic amines is 1. The summed E-state index contributed by atoms with van der Waals surface area (Å²) in [6.45, 7) is 2.48. The Kier molecular flexibility index (Phi) is 1.81. The van der Waals surface area contributed by atoms with Crippen LogP contribution in [-0.2, 0) is 11.3 Å². The molecule has 4 heteroatoms. The molecule has 1 N–H and O–H groups in total. The lowest BCUT2D eigenvalue weighted by Crippen LogP contribution is -2.16. The average Bonchev–Trinajstić information content (AvgIpc) is 2.65. The number of nitrogens with one attached hydrogen (secondary N) is 1. The minimum atomic E-state index is 0.0161. The lowest BCUT2D eigenvalue weighted by atomic mass is 10.3. The summed E-state index contributed by atoms with van der Waals surface area (Å²) in [6, 6.07) is 0. The van der Waals surface area contributed by atoms with Gasteiger partial charge in [-0.1, -0.05) is 0 Å². The van der Waals surface area contributed by atoms with Crippen LogP contribution in [0, 0.1) is 6.92 Å². The fourth-order valence-corrected chi connectivity index (χ4v) is 1.24. The summed E-state index contributed by atoms with van der Waals surface area (Å²) in [5.41, 5.74) is 1.92. The van der Waals surface area contributed by atoms with Crippen LogP contribution in [0.15, 0.2) is 18.5 Å². The number of aromatic nitrogens is 2. The molecule has 2 heterocycles. The van der Waals surface area contributed by atoms with Crippen LogP contribution in [0.5, 0.6) is 0 Å². The third-order valence-corrected chi connectivity index (χ3v) is 2.04. The first-order valence-corrected chi connectivity index (χ1v) is 4.08. The molecule has 0 fully saturated rings. The molecule has 1 aliphatic heterocycles. The van der Waals surface area contributed by atoms with Crippen molar-refractivity contribution in [2.45, 2.75) is 13.5 Å². The molecule has 0 unspecified atom stereocenters. The van der Waals surface area contributed by atoms with Crippen molar-refractivity contribution in [1.82, 2.24) is 9.97 Å². The van der Waals surface area contributed by atoms with E-state index in [1.165, 1.54) is 0 Å². The van der Waals surface area contributed by atoms with Gasteiger partial charge >= 0.3 is 5.91 Å². The van der Waals surface area contributed by atoms with Crippen LogP contribution in [0.3, 0.4) is 0 Å². The van der Waals surface area contributed by atoms with Crippen molar-refractivity contribution in [3.63, 3.8) is 0 Å². The van der Waals surface area contributed by atoms with E-state index in [9.17, 15) is 4.79 Å². The number of aryl methyl sites for hydroxylation is 1. The number of amides is 1. The first-order chi connectivity index (χ1) is 6.27. The summed E-state index contributed by atoms with van der Waals surface area (Å²) >= 11 is 0. The monoisotopic (exact) mass is 176 g/mol. The van der Waals surface area contributed by atoms with Gasteiger partial charge in [-0.15, -0.1) is 0 Å². The van der Waals surface area contributed by atoms with Gasteiger partial charge < -0.3 is 4.98 Å². The number of rotatable bonds is 2. The van der Waals surface area contributed by atoms with Crippen LogP contribution < -0.4 is 0 Å². The van der Waals surface area contributed by atoms with Crippen LogP contribution in [0.25, 0.3) is 0 Å². The number of H-pyrrole nitrogens is 1. The molecule has 1 aliphatic rings. The Morgan fingerprint density at radius 1 is 1.62 bits per heavy atom. The Bertz CT molecular complexity index is 401. The van der Waals surface area contributed by atoms with Gasteiger partial charge in [0, 0.05) is 11.8 Å². The van der Waals surface area contributed by atoms with Gasteiger partial charge in [0.15, 0.2) is 12.8 Å². The minimum Gasteiger partial charge on any atom is -0.348 e. The predicted octanol–water partition coefficient (Wildman–Crippen LogP) is 0.398. The van der Waals surface area contributed by atoms with E-state index in [0.717, 1.165) is 11.4 Å². The second-order valence-corrected chi connectivity index (χ2v) is 2.95. The predicted molar refractivity (Wildman–Crippen MR) is 47.5 cm³/mol. The largest absolute Gasteiger partial charge is 0.412 e. The van der Waals surface area contributed by atoms with Gasteiger partial charge in [0.25, 0.3) is 0 Å². The molecule has 1 aromatic rings. The maximum absolute atomic E-state index is 11.2. The lowest BCUT2D eigenvalue weighted by molar-refractivity contribution is -0.453. The van der Waals surface area contributed by atoms with Crippen molar-refractivity contribution < 1.29 is 9.37 Å². The summed E-state index contributed by atoms with van der Waals surface area (Å²) in [6.07, 6.45) is 6.68. The van der Waals surface area contributed by atoms with Gasteiger partial charge in [-0.3, -0.25) is 0 Å². The van der Waals surface area contributed by atoms with E-state index in [2.05, 4.69) is 9.97 Å². The molecule has 0 saturated carbocycles. The van der Waals surface area contributed by atoms with Gasteiger partial charge in [0.1, 0.15) is 5.69 Å². The number of nitrogens with zero attached hydrogens (tertiary/aromatic N) is 2. The standard InChI is InChI=1S/C9H9N3O/c1-7-8(11-6-10-7)5-12-4-2-3-9(12)13/h2-4,6H,5H2,1H3/p+1. The first kappa shape index (κ1) is 7.91. The number of hydrogen-bond donors (Lipinski definition) is 1. The number of carbonyl (C=O) groups excluding carboxylic acids is 1. The van der Waals surface area contributed by atoms with E-state index >= 15 is 0 Å². The lowest BCUT2D eigenvalue weighted by Gasteiger charge is -1.93. The zero-order valence-corrected chi connectivity index (χ0v) is 7.32. The van der Waals surface area contributed by atoms with E-state index < -0.39 is 0 Å². The van der Waals surface area contributed by atoms with E-state index in [0.29, 0.717) is 6.54 Å². The molecule has 13 heavy (non-hydrogen) atoms. The van der Waals surface area contributed by atoms with Crippen molar-refractivity contribution >= 4 is 12.1 Å². The maximum Gasteiger partial charge on any atom is 0.412 e. The van der Waals surface area contributed by atoms with Gasteiger partial charge in [-0.25, -0.2) is 9.78 Å². The van der Waals surface area contributed by atoms with Crippen LogP contribution in [0.2, 0.25) is 0 Å². The third-order valence-electron chi connectivity index (χ3n) is 2.04. The van der Waals surface area contributed by atoms with Crippen LogP contribution >= 0.6 is 0 Å². The number of carbonyl (C=O) groups is 1. The molecule has 0 aromatic carbocycles. The van der Waals surface area contributed by atoms with Crippen molar-refractivity contribution in [2.24, 2.45) is 0 Å². The second-order valence-electron chi connectivity index (χ2n) is 2.95.